The predicted octanol–water partition coefficient (Wildman–Crippen LogP) is 2.53. The average molecular weight is 355 g/mol. The number of benzene rings is 1. The van der Waals surface area contributed by atoms with Crippen molar-refractivity contribution >= 4 is 5.91 Å². The molecule has 7 heteroatoms. The Morgan fingerprint density at radius 2 is 2.12 bits per heavy atom. The van der Waals surface area contributed by atoms with Gasteiger partial charge in [0.2, 0.25) is 0 Å². The standard InChI is InChI=1S/C18H23F2NO4/c1-23-13-5-6-18(24-2)7-8-21(16(18)10-13)17(22)11-25-15-4-3-12(19)9-14(15)20/h3-4,9,13,16H,5-8,10-11H2,1-2H3/t13-,16-,18+/m0/s1. The highest BCUT2D eigenvalue weighted by Crippen LogP contribution is 2.43. The fourth-order valence-corrected chi connectivity index (χ4v) is 3.99. The molecule has 0 unspecified atom stereocenters. The normalized spacial score (nSPS) is 28.7. The maximum absolute atomic E-state index is 13.6. The first-order valence-electron chi connectivity index (χ1n) is 8.44. The van der Waals surface area contributed by atoms with Crippen molar-refractivity contribution in [3.8, 4) is 5.75 Å². The number of halogens is 2. The summed E-state index contributed by atoms with van der Waals surface area (Å²) in [5, 5.41) is 0. The number of hydrogen-bond acceptors (Lipinski definition) is 4. The van der Waals surface area contributed by atoms with E-state index in [9.17, 15) is 13.6 Å². The average Bonchev–Trinajstić information content (AvgIpc) is 2.99. The van der Waals surface area contributed by atoms with Gasteiger partial charge in [0.25, 0.3) is 5.91 Å². The van der Waals surface area contributed by atoms with Gasteiger partial charge in [-0.05, 0) is 37.8 Å². The molecule has 138 valence electrons. The molecule has 2 aliphatic rings. The first kappa shape index (κ1) is 18.1. The Morgan fingerprint density at radius 3 is 2.80 bits per heavy atom. The summed E-state index contributed by atoms with van der Waals surface area (Å²) in [5.41, 5.74) is -0.341. The molecular formula is C18H23F2NO4. The highest BCUT2D eigenvalue weighted by molar-refractivity contribution is 5.78. The number of carbonyl (C=O) groups excluding carboxylic acids is 1. The molecule has 1 aliphatic carbocycles. The van der Waals surface area contributed by atoms with Crippen molar-refractivity contribution in [2.45, 2.75) is 43.4 Å². The van der Waals surface area contributed by atoms with E-state index in [1.54, 1.807) is 19.1 Å². The van der Waals surface area contributed by atoms with Crippen molar-refractivity contribution in [1.82, 2.24) is 4.90 Å². The summed E-state index contributed by atoms with van der Waals surface area (Å²) in [5.74, 6) is -1.87. The van der Waals surface area contributed by atoms with E-state index in [0.717, 1.165) is 31.4 Å². The van der Waals surface area contributed by atoms with Crippen molar-refractivity contribution in [2.75, 3.05) is 27.4 Å². The van der Waals surface area contributed by atoms with E-state index in [0.29, 0.717) is 13.0 Å². The monoisotopic (exact) mass is 355 g/mol. The maximum atomic E-state index is 13.6. The Kier molecular flexibility index (Phi) is 5.24. The molecule has 2 fully saturated rings. The van der Waals surface area contributed by atoms with Crippen LogP contribution in [0.2, 0.25) is 0 Å². The summed E-state index contributed by atoms with van der Waals surface area (Å²) >= 11 is 0. The molecule has 1 heterocycles. The summed E-state index contributed by atoms with van der Waals surface area (Å²) in [4.78, 5) is 14.4. The highest BCUT2D eigenvalue weighted by atomic mass is 19.1. The van der Waals surface area contributed by atoms with E-state index in [2.05, 4.69) is 0 Å². The van der Waals surface area contributed by atoms with Gasteiger partial charge in [-0.3, -0.25) is 4.79 Å². The molecule has 1 aliphatic heterocycles. The number of fused-ring (bicyclic) bond motifs is 1. The third-order valence-corrected chi connectivity index (χ3v) is 5.44. The van der Waals surface area contributed by atoms with E-state index >= 15 is 0 Å². The molecule has 1 amide bonds. The van der Waals surface area contributed by atoms with Gasteiger partial charge in [-0.1, -0.05) is 0 Å². The highest BCUT2D eigenvalue weighted by Gasteiger charge is 2.52. The minimum atomic E-state index is -0.822. The predicted molar refractivity (Wildman–Crippen MR) is 86.4 cm³/mol. The number of nitrogens with zero attached hydrogens (tertiary/aromatic N) is 1. The number of amides is 1. The summed E-state index contributed by atoms with van der Waals surface area (Å²) in [7, 11) is 3.35. The van der Waals surface area contributed by atoms with Crippen LogP contribution < -0.4 is 4.74 Å². The molecule has 1 saturated carbocycles. The van der Waals surface area contributed by atoms with Gasteiger partial charge in [0, 0.05) is 26.8 Å². The SMILES string of the molecule is CO[C@H]1CC[C@@]2(OC)CCN(C(=O)COc3ccc(F)cc3F)[C@H]2C1. The molecule has 5 nitrogen and oxygen atoms in total. The maximum Gasteiger partial charge on any atom is 0.260 e. The van der Waals surface area contributed by atoms with Crippen LogP contribution in [0.5, 0.6) is 5.75 Å². The van der Waals surface area contributed by atoms with Gasteiger partial charge in [0.05, 0.1) is 17.7 Å². The van der Waals surface area contributed by atoms with Crippen LogP contribution >= 0.6 is 0 Å². The van der Waals surface area contributed by atoms with Crippen LogP contribution in [0.4, 0.5) is 8.78 Å². The van der Waals surface area contributed by atoms with Crippen molar-refractivity contribution in [1.29, 1.82) is 0 Å². The number of rotatable bonds is 5. The zero-order chi connectivity index (χ0) is 18.0. The molecule has 3 rings (SSSR count). The molecule has 0 spiro atoms. The summed E-state index contributed by atoms with van der Waals surface area (Å²) in [6, 6.07) is 2.93. The fourth-order valence-electron chi connectivity index (χ4n) is 3.99. The number of likely N-dealkylation sites (tertiary alicyclic amines) is 1. The molecule has 1 saturated heterocycles. The van der Waals surface area contributed by atoms with Gasteiger partial charge in [-0.25, -0.2) is 8.78 Å². The van der Waals surface area contributed by atoms with Crippen LogP contribution in [0, 0.1) is 11.6 Å². The van der Waals surface area contributed by atoms with Crippen molar-refractivity contribution in [2.24, 2.45) is 0 Å². The van der Waals surface area contributed by atoms with Gasteiger partial charge >= 0.3 is 0 Å². The van der Waals surface area contributed by atoms with E-state index < -0.39 is 11.6 Å². The van der Waals surface area contributed by atoms with E-state index in [1.165, 1.54) is 6.07 Å². The lowest BCUT2D eigenvalue weighted by atomic mass is 9.79. The lowest BCUT2D eigenvalue weighted by molar-refractivity contribution is -0.142. The summed E-state index contributed by atoms with van der Waals surface area (Å²) in [6.07, 6.45) is 3.31. The molecule has 0 radical (unpaired) electrons. The second kappa shape index (κ2) is 7.25. The molecule has 3 atom stereocenters. The van der Waals surface area contributed by atoms with E-state index in [-0.39, 0.29) is 36.0 Å². The van der Waals surface area contributed by atoms with Crippen LogP contribution in [-0.4, -0.2) is 55.9 Å². The zero-order valence-electron chi connectivity index (χ0n) is 14.5. The Labute approximate surface area is 145 Å². The lowest BCUT2D eigenvalue weighted by Gasteiger charge is -2.43. The largest absolute Gasteiger partial charge is 0.481 e. The summed E-state index contributed by atoms with van der Waals surface area (Å²) in [6.45, 7) is 0.277. The van der Waals surface area contributed by atoms with Crippen LogP contribution in [-0.2, 0) is 14.3 Å². The Hall–Kier alpha value is -1.73. The number of ether oxygens (including phenoxy) is 3. The van der Waals surface area contributed by atoms with Crippen molar-refractivity contribution < 1.29 is 27.8 Å². The first-order valence-corrected chi connectivity index (χ1v) is 8.44. The van der Waals surface area contributed by atoms with Crippen LogP contribution in [0.15, 0.2) is 18.2 Å². The number of methoxy groups -OCH3 is 2. The van der Waals surface area contributed by atoms with Crippen LogP contribution in [0.1, 0.15) is 25.7 Å². The first-order chi connectivity index (χ1) is 12.0. The topological polar surface area (TPSA) is 48.0 Å². The van der Waals surface area contributed by atoms with E-state index in [1.807, 2.05) is 0 Å². The van der Waals surface area contributed by atoms with Gasteiger partial charge in [0.15, 0.2) is 18.2 Å². The van der Waals surface area contributed by atoms with Crippen molar-refractivity contribution in [3.05, 3.63) is 29.8 Å². The molecule has 0 aromatic heterocycles. The quantitative estimate of drug-likeness (QED) is 0.814. The van der Waals surface area contributed by atoms with Gasteiger partial charge in [-0.15, -0.1) is 0 Å². The lowest BCUT2D eigenvalue weighted by Crippen LogP contribution is -2.53. The Morgan fingerprint density at radius 1 is 1.32 bits per heavy atom. The second-order valence-electron chi connectivity index (χ2n) is 6.62. The number of carbonyl (C=O) groups is 1. The van der Waals surface area contributed by atoms with Crippen LogP contribution in [0.25, 0.3) is 0 Å². The minimum absolute atomic E-state index is 0.0784. The molecule has 0 N–H and O–H groups in total. The number of hydrogen-bond donors (Lipinski definition) is 0. The third-order valence-electron chi connectivity index (χ3n) is 5.44. The molecule has 25 heavy (non-hydrogen) atoms. The zero-order valence-corrected chi connectivity index (χ0v) is 14.5. The Balaban J connectivity index is 1.67. The van der Waals surface area contributed by atoms with Gasteiger partial charge < -0.3 is 19.1 Å². The molecule has 1 aromatic carbocycles. The minimum Gasteiger partial charge on any atom is -0.481 e. The van der Waals surface area contributed by atoms with Crippen molar-refractivity contribution in [3.63, 3.8) is 0 Å². The molecule has 1 aromatic rings. The van der Waals surface area contributed by atoms with Crippen LogP contribution in [0.3, 0.4) is 0 Å². The van der Waals surface area contributed by atoms with E-state index in [4.69, 9.17) is 14.2 Å². The van der Waals surface area contributed by atoms with Gasteiger partial charge in [-0.2, -0.15) is 0 Å². The third kappa shape index (κ3) is 3.48. The summed E-state index contributed by atoms with van der Waals surface area (Å²) < 4.78 is 43.1. The smallest absolute Gasteiger partial charge is 0.260 e. The second-order valence-corrected chi connectivity index (χ2v) is 6.62. The fraction of sp³-hybridized carbons (Fsp3) is 0.611. The molecular weight excluding hydrogens is 332 g/mol. The van der Waals surface area contributed by atoms with Gasteiger partial charge in [0.1, 0.15) is 5.82 Å². The Bertz CT molecular complexity index is 642. The molecule has 0 bridgehead atoms.